The molecule has 4 nitrogen and oxygen atoms in total. The van der Waals surface area contributed by atoms with Crippen LogP contribution in [-0.2, 0) is 4.79 Å². The molecule has 3 rings (SSSR count). The third-order valence-corrected chi connectivity index (χ3v) is 4.08. The van der Waals surface area contributed by atoms with Gasteiger partial charge < -0.3 is 14.8 Å². The molecule has 1 aliphatic rings. The molecule has 1 aliphatic heterocycles. The number of carbonyl (C=O) groups excluding carboxylic acids is 1. The monoisotopic (exact) mass is 323 g/mol. The lowest BCUT2D eigenvalue weighted by Gasteiger charge is -2.16. The second-order valence-electron chi connectivity index (χ2n) is 6.04. The van der Waals surface area contributed by atoms with Gasteiger partial charge in [-0.1, -0.05) is 29.8 Å². The molecular weight excluding hydrogens is 302 g/mol. The van der Waals surface area contributed by atoms with Gasteiger partial charge in [-0.15, -0.1) is 0 Å². The van der Waals surface area contributed by atoms with Gasteiger partial charge in [0.2, 0.25) is 12.7 Å². The zero-order valence-corrected chi connectivity index (χ0v) is 14.1. The van der Waals surface area contributed by atoms with E-state index >= 15 is 0 Å². The first-order valence-electron chi connectivity index (χ1n) is 7.98. The van der Waals surface area contributed by atoms with Crippen LogP contribution in [0, 0.1) is 13.8 Å². The fourth-order valence-corrected chi connectivity index (χ4v) is 2.75. The lowest BCUT2D eigenvalue weighted by Crippen LogP contribution is -2.25. The number of fused-ring (bicyclic) bond motifs is 1. The van der Waals surface area contributed by atoms with Crippen molar-refractivity contribution >= 4 is 12.0 Å². The zero-order chi connectivity index (χ0) is 17.1. The minimum Gasteiger partial charge on any atom is -0.454 e. The maximum Gasteiger partial charge on any atom is 0.244 e. The summed E-state index contributed by atoms with van der Waals surface area (Å²) in [6, 6.07) is 11.8. The van der Waals surface area contributed by atoms with Gasteiger partial charge in [-0.3, -0.25) is 4.79 Å². The number of carbonyl (C=O) groups is 1. The summed E-state index contributed by atoms with van der Waals surface area (Å²) < 4.78 is 10.6. The Morgan fingerprint density at radius 3 is 2.75 bits per heavy atom. The molecule has 0 spiro atoms. The molecule has 1 amide bonds. The van der Waals surface area contributed by atoms with Gasteiger partial charge in [0.05, 0.1) is 6.04 Å². The molecule has 0 bridgehead atoms. The van der Waals surface area contributed by atoms with Crippen molar-refractivity contribution in [2.75, 3.05) is 6.79 Å². The molecule has 0 unspecified atom stereocenters. The van der Waals surface area contributed by atoms with E-state index in [4.69, 9.17) is 9.47 Å². The Morgan fingerprint density at radius 1 is 1.12 bits per heavy atom. The summed E-state index contributed by atoms with van der Waals surface area (Å²) >= 11 is 0. The summed E-state index contributed by atoms with van der Waals surface area (Å²) in [5.74, 6) is 1.32. The van der Waals surface area contributed by atoms with E-state index < -0.39 is 0 Å². The number of benzene rings is 2. The predicted molar refractivity (Wildman–Crippen MR) is 94.1 cm³/mol. The molecule has 2 aromatic rings. The lowest BCUT2D eigenvalue weighted by atomic mass is 10.00. The molecule has 4 heteroatoms. The first kappa shape index (κ1) is 16.1. The zero-order valence-electron chi connectivity index (χ0n) is 14.1. The Hall–Kier alpha value is -2.75. The average Bonchev–Trinajstić information content (AvgIpc) is 3.02. The van der Waals surface area contributed by atoms with Gasteiger partial charge in [0.25, 0.3) is 0 Å². The van der Waals surface area contributed by atoms with Crippen molar-refractivity contribution in [2.45, 2.75) is 26.8 Å². The van der Waals surface area contributed by atoms with Crippen LogP contribution >= 0.6 is 0 Å². The van der Waals surface area contributed by atoms with E-state index in [2.05, 4.69) is 37.4 Å². The predicted octanol–water partition coefficient (Wildman–Crippen LogP) is 3.92. The maximum atomic E-state index is 12.2. The molecule has 0 aliphatic carbocycles. The van der Waals surface area contributed by atoms with E-state index in [-0.39, 0.29) is 18.7 Å². The Bertz CT molecular complexity index is 795. The van der Waals surface area contributed by atoms with E-state index in [0.717, 1.165) is 16.9 Å². The van der Waals surface area contributed by atoms with Gasteiger partial charge in [0, 0.05) is 6.08 Å². The van der Waals surface area contributed by atoms with Crippen molar-refractivity contribution in [3.05, 3.63) is 64.7 Å². The third kappa shape index (κ3) is 3.59. The van der Waals surface area contributed by atoms with E-state index in [1.165, 1.54) is 11.1 Å². The Labute approximate surface area is 142 Å². The van der Waals surface area contributed by atoms with Crippen LogP contribution in [0.4, 0.5) is 0 Å². The highest BCUT2D eigenvalue weighted by atomic mass is 16.7. The van der Waals surface area contributed by atoms with Gasteiger partial charge in [-0.2, -0.15) is 0 Å². The molecule has 1 N–H and O–H groups in total. The van der Waals surface area contributed by atoms with Crippen LogP contribution in [0.2, 0.25) is 0 Å². The number of hydrogen-bond acceptors (Lipinski definition) is 3. The van der Waals surface area contributed by atoms with E-state index in [0.29, 0.717) is 5.75 Å². The molecule has 0 aromatic heterocycles. The van der Waals surface area contributed by atoms with Gasteiger partial charge in [-0.25, -0.2) is 0 Å². The Morgan fingerprint density at radius 2 is 1.92 bits per heavy atom. The minimum absolute atomic E-state index is 0.0428. The van der Waals surface area contributed by atoms with Crippen LogP contribution < -0.4 is 14.8 Å². The van der Waals surface area contributed by atoms with E-state index in [1.807, 2.05) is 25.1 Å². The van der Waals surface area contributed by atoms with Crippen LogP contribution in [0.5, 0.6) is 11.5 Å². The Balaban J connectivity index is 1.65. The molecule has 1 heterocycles. The van der Waals surface area contributed by atoms with Crippen LogP contribution in [0.15, 0.2) is 42.5 Å². The molecule has 2 aromatic carbocycles. The summed E-state index contributed by atoms with van der Waals surface area (Å²) in [6.07, 6.45) is 3.31. The van der Waals surface area contributed by atoms with Gasteiger partial charge in [-0.05, 0) is 55.7 Å². The second kappa shape index (κ2) is 6.79. The highest BCUT2D eigenvalue weighted by Crippen LogP contribution is 2.32. The molecular formula is C20H21NO3. The molecule has 0 fully saturated rings. The quantitative estimate of drug-likeness (QED) is 0.868. The summed E-state index contributed by atoms with van der Waals surface area (Å²) in [5.41, 5.74) is 4.40. The van der Waals surface area contributed by atoms with Crippen molar-refractivity contribution in [1.29, 1.82) is 0 Å². The first-order valence-corrected chi connectivity index (χ1v) is 7.98. The fourth-order valence-electron chi connectivity index (χ4n) is 2.75. The SMILES string of the molecule is Cc1ccc(C)c([C@@H](C)NC(=O)/C=C/c2ccc3c(c2)OCO3)c1. The molecule has 124 valence electrons. The minimum atomic E-state index is -0.124. The molecule has 0 saturated carbocycles. The molecule has 1 atom stereocenters. The molecule has 0 saturated heterocycles. The van der Waals surface area contributed by atoms with Crippen LogP contribution in [0.3, 0.4) is 0 Å². The lowest BCUT2D eigenvalue weighted by molar-refractivity contribution is -0.117. The van der Waals surface area contributed by atoms with Crippen molar-refractivity contribution in [2.24, 2.45) is 0 Å². The summed E-state index contributed by atoms with van der Waals surface area (Å²) in [6.45, 7) is 6.35. The smallest absolute Gasteiger partial charge is 0.244 e. The van der Waals surface area contributed by atoms with Gasteiger partial charge >= 0.3 is 0 Å². The summed E-state index contributed by atoms with van der Waals surface area (Å²) in [4.78, 5) is 12.2. The summed E-state index contributed by atoms with van der Waals surface area (Å²) in [7, 11) is 0. The van der Waals surface area contributed by atoms with Crippen LogP contribution in [-0.4, -0.2) is 12.7 Å². The van der Waals surface area contributed by atoms with Crippen molar-refractivity contribution in [3.8, 4) is 11.5 Å². The first-order chi connectivity index (χ1) is 11.5. The highest BCUT2D eigenvalue weighted by molar-refractivity contribution is 5.92. The van der Waals surface area contributed by atoms with Gasteiger partial charge in [0.15, 0.2) is 11.5 Å². The topological polar surface area (TPSA) is 47.6 Å². The van der Waals surface area contributed by atoms with E-state index in [1.54, 1.807) is 12.2 Å². The standard InChI is InChI=1S/C20H21NO3/c1-13-4-5-14(2)17(10-13)15(3)21-20(22)9-7-16-6-8-18-19(11-16)24-12-23-18/h4-11,15H,12H2,1-3H3,(H,21,22)/b9-7+/t15-/m1/s1. The maximum absolute atomic E-state index is 12.2. The molecule has 24 heavy (non-hydrogen) atoms. The number of nitrogens with one attached hydrogen (secondary N) is 1. The highest BCUT2D eigenvalue weighted by Gasteiger charge is 2.13. The van der Waals surface area contributed by atoms with Crippen molar-refractivity contribution in [3.63, 3.8) is 0 Å². The number of rotatable bonds is 4. The molecule has 0 radical (unpaired) electrons. The average molecular weight is 323 g/mol. The number of ether oxygens (including phenoxy) is 2. The summed E-state index contributed by atoms with van der Waals surface area (Å²) in [5, 5.41) is 3.01. The number of amides is 1. The number of aryl methyl sites for hydroxylation is 2. The fraction of sp³-hybridized carbons (Fsp3) is 0.250. The van der Waals surface area contributed by atoms with Crippen LogP contribution in [0.25, 0.3) is 6.08 Å². The largest absolute Gasteiger partial charge is 0.454 e. The third-order valence-electron chi connectivity index (χ3n) is 4.08. The van der Waals surface area contributed by atoms with Gasteiger partial charge in [0.1, 0.15) is 0 Å². The van der Waals surface area contributed by atoms with Crippen LogP contribution in [0.1, 0.15) is 35.2 Å². The Kier molecular flexibility index (Phi) is 4.56. The van der Waals surface area contributed by atoms with Crippen molar-refractivity contribution < 1.29 is 14.3 Å². The normalized spacial score (nSPS) is 14.0. The number of hydrogen-bond donors (Lipinski definition) is 1. The van der Waals surface area contributed by atoms with Crippen molar-refractivity contribution in [1.82, 2.24) is 5.32 Å². The van der Waals surface area contributed by atoms with E-state index in [9.17, 15) is 4.79 Å². The second-order valence-corrected chi connectivity index (χ2v) is 6.04.